The van der Waals surface area contributed by atoms with E-state index in [1.165, 1.54) is 5.56 Å². The van der Waals surface area contributed by atoms with Crippen LogP contribution in [0.15, 0.2) is 24.3 Å². The molecule has 2 atom stereocenters. The molecule has 0 amide bonds. The Morgan fingerprint density at radius 1 is 1.31 bits per heavy atom. The fourth-order valence-electron chi connectivity index (χ4n) is 2.69. The van der Waals surface area contributed by atoms with E-state index in [0.29, 0.717) is 11.8 Å². The summed E-state index contributed by atoms with van der Waals surface area (Å²) in [5, 5.41) is 10.8. The Morgan fingerprint density at radius 3 is 2.62 bits per heavy atom. The number of rotatable bonds is 2. The minimum Gasteiger partial charge on any atom is -0.390 e. The van der Waals surface area contributed by atoms with E-state index in [0.717, 1.165) is 24.3 Å². The van der Waals surface area contributed by atoms with Crippen LogP contribution in [0.5, 0.6) is 0 Å². The normalized spacial score (nSPS) is 26.0. The van der Waals surface area contributed by atoms with Crippen molar-refractivity contribution in [3.63, 3.8) is 0 Å². The van der Waals surface area contributed by atoms with Gasteiger partial charge in [0.15, 0.2) is 0 Å². The standard InChI is InChI=1S/C14H19ClO/c1-14(2,16)12-7-6-11(8-12)10-4-3-5-13(15)9-10/h3-5,9,11-12,16H,6-8H2,1-2H3/t11-,12+/m1/s1. The summed E-state index contributed by atoms with van der Waals surface area (Å²) in [6, 6.07) is 8.12. The summed E-state index contributed by atoms with van der Waals surface area (Å²) in [4.78, 5) is 0. The Labute approximate surface area is 102 Å². The van der Waals surface area contributed by atoms with Crippen molar-refractivity contribution in [2.45, 2.75) is 44.6 Å². The lowest BCUT2D eigenvalue weighted by Crippen LogP contribution is -2.28. The summed E-state index contributed by atoms with van der Waals surface area (Å²) in [6.45, 7) is 3.83. The van der Waals surface area contributed by atoms with Crippen molar-refractivity contribution in [1.29, 1.82) is 0 Å². The summed E-state index contributed by atoms with van der Waals surface area (Å²) < 4.78 is 0. The van der Waals surface area contributed by atoms with E-state index < -0.39 is 5.60 Å². The van der Waals surface area contributed by atoms with Gasteiger partial charge in [-0.15, -0.1) is 0 Å². The third-order valence-corrected chi connectivity index (χ3v) is 3.99. The van der Waals surface area contributed by atoms with Crippen molar-refractivity contribution >= 4 is 11.6 Å². The maximum absolute atomic E-state index is 10.0. The van der Waals surface area contributed by atoms with Crippen LogP contribution < -0.4 is 0 Å². The average molecular weight is 239 g/mol. The predicted octanol–water partition coefficient (Wildman–Crippen LogP) is 3.99. The van der Waals surface area contributed by atoms with Gasteiger partial charge in [-0.1, -0.05) is 23.7 Å². The Bertz CT molecular complexity index is 367. The minimum atomic E-state index is -0.548. The third-order valence-electron chi connectivity index (χ3n) is 3.75. The maximum atomic E-state index is 10.0. The first-order valence-electron chi connectivity index (χ1n) is 5.94. The van der Waals surface area contributed by atoms with Gasteiger partial charge in [-0.2, -0.15) is 0 Å². The van der Waals surface area contributed by atoms with E-state index in [1.54, 1.807) is 0 Å². The van der Waals surface area contributed by atoms with Crippen LogP contribution in [0.3, 0.4) is 0 Å². The van der Waals surface area contributed by atoms with Gasteiger partial charge in [0.1, 0.15) is 0 Å². The van der Waals surface area contributed by atoms with Crippen LogP contribution in [0.25, 0.3) is 0 Å². The molecule has 0 unspecified atom stereocenters. The second-order valence-corrected chi connectivity index (χ2v) is 5.85. The summed E-state index contributed by atoms with van der Waals surface area (Å²) in [7, 11) is 0. The van der Waals surface area contributed by atoms with Crippen molar-refractivity contribution in [3.8, 4) is 0 Å². The van der Waals surface area contributed by atoms with Gasteiger partial charge in [-0.25, -0.2) is 0 Å². The van der Waals surface area contributed by atoms with Crippen LogP contribution in [0.2, 0.25) is 5.02 Å². The predicted molar refractivity (Wildman–Crippen MR) is 67.8 cm³/mol. The summed E-state index contributed by atoms with van der Waals surface area (Å²) in [5.41, 5.74) is 0.770. The van der Waals surface area contributed by atoms with E-state index in [2.05, 4.69) is 12.1 Å². The Hall–Kier alpha value is -0.530. The van der Waals surface area contributed by atoms with Gasteiger partial charge in [0, 0.05) is 5.02 Å². The zero-order valence-electron chi connectivity index (χ0n) is 9.91. The molecule has 1 nitrogen and oxygen atoms in total. The molecule has 1 fully saturated rings. The molecule has 2 heteroatoms. The highest BCUT2D eigenvalue weighted by atomic mass is 35.5. The van der Waals surface area contributed by atoms with E-state index >= 15 is 0 Å². The van der Waals surface area contributed by atoms with Gasteiger partial charge < -0.3 is 5.11 Å². The van der Waals surface area contributed by atoms with Crippen molar-refractivity contribution in [2.24, 2.45) is 5.92 Å². The van der Waals surface area contributed by atoms with E-state index in [-0.39, 0.29) is 0 Å². The number of benzene rings is 1. The second-order valence-electron chi connectivity index (χ2n) is 5.42. The van der Waals surface area contributed by atoms with Crippen LogP contribution in [0.1, 0.15) is 44.6 Å². The lowest BCUT2D eigenvalue weighted by molar-refractivity contribution is 0.0194. The molecule has 16 heavy (non-hydrogen) atoms. The zero-order valence-corrected chi connectivity index (χ0v) is 10.7. The molecule has 0 saturated heterocycles. The molecule has 88 valence electrons. The minimum absolute atomic E-state index is 0.413. The fourth-order valence-corrected chi connectivity index (χ4v) is 2.89. The van der Waals surface area contributed by atoms with Gasteiger partial charge in [0.05, 0.1) is 5.60 Å². The smallest absolute Gasteiger partial charge is 0.0620 e. The Morgan fingerprint density at radius 2 is 2.06 bits per heavy atom. The molecule has 1 N–H and O–H groups in total. The van der Waals surface area contributed by atoms with E-state index in [9.17, 15) is 5.11 Å². The van der Waals surface area contributed by atoms with Gasteiger partial charge in [-0.3, -0.25) is 0 Å². The van der Waals surface area contributed by atoms with Gasteiger partial charge in [-0.05, 0) is 62.6 Å². The molecule has 1 aromatic rings. The Kier molecular flexibility index (Phi) is 3.27. The molecule has 1 aliphatic rings. The first kappa shape index (κ1) is 11.9. The van der Waals surface area contributed by atoms with Crippen molar-refractivity contribution in [3.05, 3.63) is 34.9 Å². The van der Waals surface area contributed by atoms with Crippen LogP contribution >= 0.6 is 11.6 Å². The quantitative estimate of drug-likeness (QED) is 0.826. The highest BCUT2D eigenvalue weighted by Crippen LogP contribution is 2.43. The summed E-state index contributed by atoms with van der Waals surface area (Å²) >= 11 is 6.00. The van der Waals surface area contributed by atoms with Crippen LogP contribution in [0, 0.1) is 5.92 Å². The van der Waals surface area contributed by atoms with E-state index in [1.807, 2.05) is 26.0 Å². The number of aliphatic hydroxyl groups is 1. The molecule has 1 saturated carbocycles. The average Bonchev–Trinajstić information content (AvgIpc) is 2.65. The molecule has 1 aromatic carbocycles. The number of halogens is 1. The highest BCUT2D eigenvalue weighted by Gasteiger charge is 2.34. The third kappa shape index (κ3) is 2.58. The summed E-state index contributed by atoms with van der Waals surface area (Å²) in [5.74, 6) is 0.978. The largest absolute Gasteiger partial charge is 0.390 e. The molecule has 0 bridgehead atoms. The summed E-state index contributed by atoms with van der Waals surface area (Å²) in [6.07, 6.45) is 3.35. The number of hydrogen-bond acceptors (Lipinski definition) is 1. The van der Waals surface area contributed by atoms with Crippen LogP contribution in [-0.4, -0.2) is 10.7 Å². The van der Waals surface area contributed by atoms with Crippen molar-refractivity contribution < 1.29 is 5.11 Å². The molecule has 0 radical (unpaired) electrons. The van der Waals surface area contributed by atoms with Crippen LogP contribution in [-0.2, 0) is 0 Å². The first-order chi connectivity index (χ1) is 7.47. The fraction of sp³-hybridized carbons (Fsp3) is 0.571. The Balaban J connectivity index is 2.09. The molecular weight excluding hydrogens is 220 g/mol. The monoisotopic (exact) mass is 238 g/mol. The lowest BCUT2D eigenvalue weighted by atomic mass is 9.87. The second kappa shape index (κ2) is 4.38. The number of hydrogen-bond donors (Lipinski definition) is 1. The molecule has 0 heterocycles. The zero-order chi connectivity index (χ0) is 11.8. The van der Waals surface area contributed by atoms with Crippen molar-refractivity contribution in [2.75, 3.05) is 0 Å². The molecule has 0 aromatic heterocycles. The van der Waals surface area contributed by atoms with Gasteiger partial charge >= 0.3 is 0 Å². The molecule has 1 aliphatic carbocycles. The lowest BCUT2D eigenvalue weighted by Gasteiger charge is -2.25. The molecular formula is C14H19ClO. The topological polar surface area (TPSA) is 20.2 Å². The molecule has 0 aliphatic heterocycles. The maximum Gasteiger partial charge on any atom is 0.0620 e. The van der Waals surface area contributed by atoms with Gasteiger partial charge in [0.2, 0.25) is 0 Å². The first-order valence-corrected chi connectivity index (χ1v) is 6.32. The van der Waals surface area contributed by atoms with Crippen molar-refractivity contribution in [1.82, 2.24) is 0 Å². The SMILES string of the molecule is CC(C)(O)[C@H]1CC[C@@H](c2cccc(Cl)c2)C1. The van der Waals surface area contributed by atoms with E-state index in [4.69, 9.17) is 11.6 Å². The molecule has 2 rings (SSSR count). The van der Waals surface area contributed by atoms with Gasteiger partial charge in [0.25, 0.3) is 0 Å². The highest BCUT2D eigenvalue weighted by molar-refractivity contribution is 6.30. The van der Waals surface area contributed by atoms with Crippen LogP contribution in [0.4, 0.5) is 0 Å². The molecule has 0 spiro atoms.